The first-order valence-electron chi connectivity index (χ1n) is 13.2. The third-order valence-corrected chi connectivity index (χ3v) is 8.30. The van der Waals surface area contributed by atoms with Gasteiger partial charge in [0.25, 0.3) is 10.0 Å². The van der Waals surface area contributed by atoms with Crippen molar-refractivity contribution in [2.75, 3.05) is 31.6 Å². The van der Waals surface area contributed by atoms with Crippen molar-refractivity contribution in [3.05, 3.63) is 84.2 Å². The molecule has 3 aromatic carbocycles. The molecule has 1 unspecified atom stereocenters. The van der Waals surface area contributed by atoms with E-state index >= 15 is 0 Å². The predicted octanol–water partition coefficient (Wildman–Crippen LogP) is 4.37. The van der Waals surface area contributed by atoms with Crippen molar-refractivity contribution >= 4 is 27.5 Å². The van der Waals surface area contributed by atoms with Crippen LogP contribution >= 0.6 is 0 Å². The normalized spacial score (nSPS) is 11.8. The van der Waals surface area contributed by atoms with Crippen molar-refractivity contribution in [1.29, 1.82) is 0 Å². The molecule has 41 heavy (non-hydrogen) atoms. The van der Waals surface area contributed by atoms with Crippen LogP contribution in [0.1, 0.15) is 32.3 Å². The Kier molecular flexibility index (Phi) is 11.1. The fraction of sp³-hybridized carbons (Fsp3) is 0.333. The lowest BCUT2D eigenvalue weighted by molar-refractivity contribution is -0.139. The van der Waals surface area contributed by atoms with E-state index < -0.39 is 34.3 Å². The molecule has 1 N–H and O–H groups in total. The fourth-order valence-corrected chi connectivity index (χ4v) is 5.57. The van der Waals surface area contributed by atoms with Gasteiger partial charge in [0.1, 0.15) is 29.9 Å². The monoisotopic (exact) mass is 585 g/mol. The Morgan fingerprint density at radius 1 is 0.976 bits per heavy atom. The lowest BCUT2D eigenvalue weighted by atomic mass is 10.1. The van der Waals surface area contributed by atoms with Crippen LogP contribution in [0.3, 0.4) is 0 Å². The minimum atomic E-state index is -4.28. The van der Waals surface area contributed by atoms with Crippen molar-refractivity contribution in [2.24, 2.45) is 0 Å². The summed E-state index contributed by atoms with van der Waals surface area (Å²) < 4.78 is 53.3. The van der Waals surface area contributed by atoms with Crippen LogP contribution in [0.25, 0.3) is 0 Å². The minimum absolute atomic E-state index is 0.0342. The fourth-order valence-electron chi connectivity index (χ4n) is 4.13. The molecule has 3 aromatic rings. The minimum Gasteiger partial charge on any atom is -0.497 e. The molecule has 0 aromatic heterocycles. The van der Waals surface area contributed by atoms with Crippen molar-refractivity contribution in [2.45, 2.75) is 44.2 Å². The molecule has 0 spiro atoms. The van der Waals surface area contributed by atoms with Gasteiger partial charge in [0, 0.05) is 19.2 Å². The third-order valence-electron chi connectivity index (χ3n) is 6.53. The molecule has 1 atom stereocenters. The number of benzene rings is 3. The summed E-state index contributed by atoms with van der Waals surface area (Å²) in [5.74, 6) is -0.911. The van der Waals surface area contributed by atoms with Gasteiger partial charge >= 0.3 is 0 Å². The Bertz CT molecular complexity index is 1420. The van der Waals surface area contributed by atoms with Crippen LogP contribution in [0.4, 0.5) is 10.1 Å². The number of hydrogen-bond donors (Lipinski definition) is 1. The maximum atomic E-state index is 14.0. The summed E-state index contributed by atoms with van der Waals surface area (Å²) in [5.41, 5.74) is 0.662. The van der Waals surface area contributed by atoms with Crippen LogP contribution in [-0.4, -0.2) is 58.5 Å². The lowest BCUT2D eigenvalue weighted by Gasteiger charge is -2.32. The number of nitrogens with zero attached hydrogens (tertiary/aromatic N) is 2. The Labute approximate surface area is 240 Å². The summed E-state index contributed by atoms with van der Waals surface area (Å²) in [6.07, 6.45) is 1.64. The lowest BCUT2D eigenvalue weighted by Crippen LogP contribution is -2.51. The van der Waals surface area contributed by atoms with E-state index in [2.05, 4.69) is 5.32 Å². The highest BCUT2D eigenvalue weighted by Gasteiger charge is 2.34. The molecule has 0 aliphatic carbocycles. The highest BCUT2D eigenvalue weighted by atomic mass is 32.2. The molecule has 0 saturated heterocycles. The quantitative estimate of drug-likeness (QED) is 0.282. The van der Waals surface area contributed by atoms with E-state index in [9.17, 15) is 22.4 Å². The van der Waals surface area contributed by atoms with Crippen LogP contribution in [0, 0.1) is 5.82 Å². The maximum Gasteiger partial charge on any atom is 0.264 e. The summed E-state index contributed by atoms with van der Waals surface area (Å²) in [4.78, 5) is 28.3. The van der Waals surface area contributed by atoms with Gasteiger partial charge in [-0.05, 0) is 55.3 Å². The van der Waals surface area contributed by atoms with E-state index in [0.717, 1.165) is 17.1 Å². The van der Waals surface area contributed by atoms with E-state index in [0.29, 0.717) is 17.9 Å². The zero-order valence-corrected chi connectivity index (χ0v) is 24.5. The number of rotatable bonds is 14. The second-order valence-electron chi connectivity index (χ2n) is 9.33. The molecule has 9 nitrogen and oxygen atoms in total. The van der Waals surface area contributed by atoms with Gasteiger partial charge in [-0.3, -0.25) is 13.9 Å². The number of ether oxygens (including phenoxy) is 2. The number of methoxy groups -OCH3 is 2. The van der Waals surface area contributed by atoms with Gasteiger partial charge in [-0.25, -0.2) is 12.8 Å². The van der Waals surface area contributed by atoms with Crippen LogP contribution in [0.2, 0.25) is 0 Å². The van der Waals surface area contributed by atoms with Gasteiger partial charge in [0.05, 0.1) is 24.8 Å². The molecular formula is C30H36FN3O6S. The molecule has 0 saturated carbocycles. The van der Waals surface area contributed by atoms with E-state index in [4.69, 9.17) is 9.47 Å². The SMILES string of the molecule is CCCCNC(=O)C(C)N(Cc1ccc(F)cc1)C(=O)CN(c1cc(OC)ccc1OC)S(=O)(=O)c1ccccc1. The Hall–Kier alpha value is -4.12. The molecule has 3 rings (SSSR count). The number of halogens is 1. The van der Waals surface area contributed by atoms with E-state index in [1.54, 1.807) is 37.3 Å². The average molecular weight is 586 g/mol. The van der Waals surface area contributed by atoms with Crippen molar-refractivity contribution in [3.8, 4) is 11.5 Å². The number of carbonyl (C=O) groups excluding carboxylic acids is 2. The number of sulfonamides is 1. The summed E-state index contributed by atoms with van der Waals surface area (Å²) >= 11 is 0. The Morgan fingerprint density at radius 3 is 2.27 bits per heavy atom. The van der Waals surface area contributed by atoms with Crippen molar-refractivity contribution in [1.82, 2.24) is 10.2 Å². The van der Waals surface area contributed by atoms with Crippen LogP contribution in [-0.2, 0) is 26.2 Å². The Balaban J connectivity index is 2.07. The molecule has 0 aliphatic heterocycles. The third kappa shape index (κ3) is 7.97. The Morgan fingerprint density at radius 2 is 1.66 bits per heavy atom. The number of carbonyl (C=O) groups is 2. The summed E-state index contributed by atoms with van der Waals surface area (Å²) in [6.45, 7) is 3.32. The predicted molar refractivity (Wildman–Crippen MR) is 155 cm³/mol. The van der Waals surface area contributed by atoms with E-state index in [-0.39, 0.29) is 28.8 Å². The summed E-state index contributed by atoms with van der Waals surface area (Å²) in [7, 11) is -1.45. The van der Waals surface area contributed by atoms with Crippen LogP contribution in [0.5, 0.6) is 11.5 Å². The van der Waals surface area contributed by atoms with Gasteiger partial charge < -0.3 is 19.7 Å². The first kappa shape index (κ1) is 31.4. The molecule has 0 aliphatic rings. The van der Waals surface area contributed by atoms with Crippen LogP contribution < -0.4 is 19.1 Å². The number of anilines is 1. The highest BCUT2D eigenvalue weighted by molar-refractivity contribution is 7.92. The van der Waals surface area contributed by atoms with E-state index in [1.807, 2.05) is 6.92 Å². The molecule has 2 amide bonds. The number of hydrogen-bond acceptors (Lipinski definition) is 6. The average Bonchev–Trinajstić information content (AvgIpc) is 2.99. The first-order chi connectivity index (χ1) is 19.6. The first-order valence-corrected chi connectivity index (χ1v) is 14.7. The summed E-state index contributed by atoms with van der Waals surface area (Å²) in [5, 5.41) is 2.83. The number of nitrogens with one attached hydrogen (secondary N) is 1. The second-order valence-corrected chi connectivity index (χ2v) is 11.2. The van der Waals surface area contributed by atoms with Gasteiger partial charge in [-0.2, -0.15) is 0 Å². The number of amides is 2. The standard InChI is InChI=1S/C30H36FN3O6S/c1-5-6-18-32-30(36)22(2)33(20-23-12-14-24(31)15-13-23)29(35)21-34(41(37,38)26-10-8-7-9-11-26)27-19-25(39-3)16-17-28(27)40-4/h7-17,19,22H,5-6,18,20-21H2,1-4H3,(H,32,36). The van der Waals surface area contributed by atoms with Gasteiger partial charge in [0.15, 0.2) is 0 Å². The molecule has 11 heteroatoms. The zero-order valence-electron chi connectivity index (χ0n) is 23.7. The topological polar surface area (TPSA) is 105 Å². The molecule has 0 bridgehead atoms. The highest BCUT2D eigenvalue weighted by Crippen LogP contribution is 2.36. The summed E-state index contributed by atoms with van der Waals surface area (Å²) in [6, 6.07) is 16.9. The molecule has 0 heterocycles. The van der Waals surface area contributed by atoms with E-state index in [1.165, 1.54) is 61.6 Å². The molecule has 0 radical (unpaired) electrons. The van der Waals surface area contributed by atoms with Crippen LogP contribution in [0.15, 0.2) is 77.7 Å². The van der Waals surface area contributed by atoms with Crippen molar-refractivity contribution < 1.29 is 31.9 Å². The maximum absolute atomic E-state index is 14.0. The van der Waals surface area contributed by atoms with Gasteiger partial charge in [-0.15, -0.1) is 0 Å². The van der Waals surface area contributed by atoms with Gasteiger partial charge in [0.2, 0.25) is 11.8 Å². The molecular weight excluding hydrogens is 549 g/mol. The molecule has 220 valence electrons. The van der Waals surface area contributed by atoms with Crippen molar-refractivity contribution in [3.63, 3.8) is 0 Å². The number of unbranched alkanes of at least 4 members (excludes halogenated alkanes) is 1. The smallest absolute Gasteiger partial charge is 0.264 e. The zero-order chi connectivity index (χ0) is 30.0. The molecule has 0 fully saturated rings. The largest absolute Gasteiger partial charge is 0.497 e. The van der Waals surface area contributed by atoms with Gasteiger partial charge in [-0.1, -0.05) is 43.7 Å². The second kappa shape index (κ2) is 14.5.